The van der Waals surface area contributed by atoms with E-state index in [2.05, 4.69) is 54.5 Å². The van der Waals surface area contributed by atoms with Gasteiger partial charge in [-0.15, -0.1) is 10.2 Å². The predicted octanol–water partition coefficient (Wildman–Crippen LogP) is 6.36. The van der Waals surface area contributed by atoms with Crippen LogP contribution in [0, 0.1) is 11.8 Å². The van der Waals surface area contributed by atoms with Crippen molar-refractivity contribution in [2.45, 2.75) is 70.4 Å². The van der Waals surface area contributed by atoms with E-state index in [-0.39, 0.29) is 41.7 Å². The van der Waals surface area contributed by atoms with Gasteiger partial charge in [-0.3, -0.25) is 19.2 Å². The molecule has 20 heteroatoms. The minimum atomic E-state index is -0.719. The van der Waals surface area contributed by atoms with Gasteiger partial charge in [0.1, 0.15) is 0 Å². The average molecular weight is 1010 g/mol. The molecule has 0 radical (unpaired) electrons. The number of piperidine rings is 4. The summed E-state index contributed by atoms with van der Waals surface area (Å²) in [6.07, 6.45) is 10.5. The van der Waals surface area contributed by atoms with E-state index in [0.717, 1.165) is 112 Å². The molecular formula is C54H70N14O6. The SMILES string of the molecule is CCOC(=O)C1CCN(c2cccn3nc(Nc4ccc(C(=O)N(C)C5CCN(C)CC5)cc4)nc23)CC1.CN1CCC(N(C)C(=O)c2ccc(Nc3nc4c(N5CCC(C(=O)O)CC5)cccn4n3)cc2)CC1. The zero-order chi connectivity index (χ0) is 51.9. The Morgan fingerprint density at radius 3 is 1.35 bits per heavy atom. The van der Waals surface area contributed by atoms with Crippen molar-refractivity contribution < 1.29 is 29.0 Å². The van der Waals surface area contributed by atoms with Crippen molar-refractivity contribution in [2.24, 2.45) is 11.8 Å². The quantitative estimate of drug-likeness (QED) is 0.108. The number of amides is 2. The number of anilines is 6. The number of nitrogens with one attached hydrogen (secondary N) is 2. The van der Waals surface area contributed by atoms with E-state index < -0.39 is 5.97 Å². The van der Waals surface area contributed by atoms with Crippen molar-refractivity contribution in [3.8, 4) is 0 Å². The number of carbonyl (C=O) groups excluding carboxylic acids is 3. The van der Waals surface area contributed by atoms with Crippen molar-refractivity contribution >= 4 is 69.7 Å². The summed E-state index contributed by atoms with van der Waals surface area (Å²) < 4.78 is 8.70. The van der Waals surface area contributed by atoms with Crippen molar-refractivity contribution in [1.29, 1.82) is 0 Å². The Balaban J connectivity index is 0.000000182. The lowest BCUT2D eigenvalue weighted by Crippen LogP contribution is -2.44. The summed E-state index contributed by atoms with van der Waals surface area (Å²) in [4.78, 5) is 71.6. The van der Waals surface area contributed by atoms with Crippen LogP contribution >= 0.6 is 0 Å². The molecule has 0 bridgehead atoms. The number of rotatable bonds is 13. The molecule has 74 heavy (non-hydrogen) atoms. The molecule has 4 aliphatic rings. The first-order valence-corrected chi connectivity index (χ1v) is 26.1. The van der Waals surface area contributed by atoms with Crippen molar-refractivity contribution in [3.63, 3.8) is 0 Å². The number of aliphatic carboxylic acids is 1. The molecule has 20 nitrogen and oxygen atoms in total. The molecule has 0 atom stereocenters. The maximum atomic E-state index is 13.0. The van der Waals surface area contributed by atoms with E-state index in [0.29, 0.717) is 55.6 Å². The minimum absolute atomic E-state index is 0.0401. The minimum Gasteiger partial charge on any atom is -0.481 e. The van der Waals surface area contributed by atoms with Crippen molar-refractivity contribution in [2.75, 3.05) is 108 Å². The molecule has 0 saturated carbocycles. The van der Waals surface area contributed by atoms with Gasteiger partial charge in [0.25, 0.3) is 11.8 Å². The molecule has 4 saturated heterocycles. The number of nitrogens with zero attached hydrogens (tertiary/aromatic N) is 12. The highest BCUT2D eigenvalue weighted by Gasteiger charge is 2.30. The maximum Gasteiger partial charge on any atom is 0.309 e. The smallest absolute Gasteiger partial charge is 0.309 e. The Morgan fingerprint density at radius 1 is 0.581 bits per heavy atom. The molecule has 2 aromatic carbocycles. The van der Waals surface area contributed by atoms with Gasteiger partial charge >= 0.3 is 11.9 Å². The molecule has 0 spiro atoms. The van der Waals surface area contributed by atoms with E-state index in [9.17, 15) is 24.3 Å². The third-order valence-electron chi connectivity index (χ3n) is 15.2. The van der Waals surface area contributed by atoms with Crippen LogP contribution in [0.3, 0.4) is 0 Å². The van der Waals surface area contributed by atoms with Gasteiger partial charge in [-0.25, -0.2) is 9.03 Å². The van der Waals surface area contributed by atoms with Gasteiger partial charge in [0, 0.05) is 87.3 Å². The lowest BCUT2D eigenvalue weighted by atomic mass is 9.97. The standard InChI is InChI=1S/C28H37N7O3.C26H33N7O3/c1-4-38-27(37)21-11-18-34(19-12-21)24-6-5-15-35-25(24)30-28(31-35)29-22-9-7-20(8-10-22)26(36)33(3)23-13-16-32(2)17-14-23;1-30-14-11-21(12-15-30)31(2)24(34)18-5-7-20(8-6-18)27-26-28-23-22(4-3-13-33(23)29-26)32-16-9-19(10-17-32)25(35)36/h5-10,15,21,23H,4,11-14,16-19H2,1-3H3,(H,29,31);3-8,13,19,21H,9-12,14-17H2,1-2H3,(H,27,29)(H,35,36). The van der Waals surface area contributed by atoms with Crippen LogP contribution in [0.15, 0.2) is 85.2 Å². The van der Waals surface area contributed by atoms with Crippen LogP contribution in [0.1, 0.15) is 79.0 Å². The Bertz CT molecular complexity index is 2880. The first-order valence-electron chi connectivity index (χ1n) is 26.1. The first-order chi connectivity index (χ1) is 35.8. The largest absolute Gasteiger partial charge is 0.481 e. The maximum absolute atomic E-state index is 13.0. The first kappa shape index (κ1) is 51.6. The molecular weight excluding hydrogens is 941 g/mol. The van der Waals surface area contributed by atoms with Crippen LogP contribution in [0.4, 0.5) is 34.6 Å². The second-order valence-corrected chi connectivity index (χ2v) is 20.1. The number of carboxylic acid groups (broad SMARTS) is 1. The highest BCUT2D eigenvalue weighted by molar-refractivity contribution is 5.95. The number of esters is 1. The van der Waals surface area contributed by atoms with E-state index in [1.807, 2.05) is 116 Å². The second-order valence-electron chi connectivity index (χ2n) is 20.1. The third-order valence-corrected chi connectivity index (χ3v) is 15.2. The van der Waals surface area contributed by atoms with Gasteiger partial charge in [0.2, 0.25) is 11.9 Å². The zero-order valence-corrected chi connectivity index (χ0v) is 43.3. The van der Waals surface area contributed by atoms with Crippen LogP contribution < -0.4 is 20.4 Å². The van der Waals surface area contributed by atoms with Crippen LogP contribution in [0.2, 0.25) is 0 Å². The summed E-state index contributed by atoms with van der Waals surface area (Å²) in [5.41, 5.74) is 6.37. The van der Waals surface area contributed by atoms with E-state index in [1.165, 1.54) is 0 Å². The van der Waals surface area contributed by atoms with Gasteiger partial charge in [-0.1, -0.05) is 0 Å². The molecule has 6 aromatic rings. The highest BCUT2D eigenvalue weighted by atomic mass is 16.5. The fourth-order valence-corrected chi connectivity index (χ4v) is 10.5. The number of benzene rings is 2. The molecule has 4 aromatic heterocycles. The van der Waals surface area contributed by atoms with Gasteiger partial charge in [0.05, 0.1) is 29.8 Å². The zero-order valence-electron chi connectivity index (χ0n) is 43.3. The number of hydrogen-bond donors (Lipinski definition) is 3. The third kappa shape index (κ3) is 12.0. The normalized spacial score (nSPS) is 17.7. The number of aromatic nitrogens is 6. The Morgan fingerprint density at radius 2 is 0.973 bits per heavy atom. The number of carbonyl (C=O) groups is 4. The Kier molecular flexibility index (Phi) is 16.2. The summed E-state index contributed by atoms with van der Waals surface area (Å²) in [5.74, 6) is -0.1000. The topological polar surface area (TPSA) is 202 Å². The highest BCUT2D eigenvalue weighted by Crippen LogP contribution is 2.30. The molecule has 4 aliphatic heterocycles. The molecule has 3 N–H and O–H groups in total. The van der Waals surface area contributed by atoms with Crippen LogP contribution in [-0.4, -0.2) is 177 Å². The van der Waals surface area contributed by atoms with Crippen LogP contribution in [0.25, 0.3) is 11.3 Å². The van der Waals surface area contributed by atoms with Crippen molar-refractivity contribution in [1.82, 2.24) is 48.8 Å². The van der Waals surface area contributed by atoms with Crippen molar-refractivity contribution in [3.05, 3.63) is 96.3 Å². The van der Waals surface area contributed by atoms with Crippen LogP contribution in [0.5, 0.6) is 0 Å². The molecule has 4 fully saturated rings. The molecule has 0 unspecified atom stereocenters. The number of likely N-dealkylation sites (tertiary alicyclic amines) is 2. The summed E-state index contributed by atoms with van der Waals surface area (Å²) in [7, 11) is 8.04. The number of fused-ring (bicyclic) bond motifs is 2. The van der Waals surface area contributed by atoms with Gasteiger partial charge in [-0.05, 0) is 171 Å². The Labute approximate surface area is 432 Å². The summed E-state index contributed by atoms with van der Waals surface area (Å²) in [5, 5.41) is 24.9. The molecule has 0 aliphatic carbocycles. The van der Waals surface area contributed by atoms with E-state index in [1.54, 1.807) is 9.03 Å². The predicted molar refractivity (Wildman–Crippen MR) is 285 cm³/mol. The fraction of sp³-hybridized carbons (Fsp3) is 0.481. The molecule has 392 valence electrons. The summed E-state index contributed by atoms with van der Waals surface area (Å²) >= 11 is 0. The molecule has 2 amide bonds. The average Bonchev–Trinajstić information content (AvgIpc) is 4.05. The molecule has 8 heterocycles. The number of ether oxygens (including phenoxy) is 1. The lowest BCUT2D eigenvalue weighted by molar-refractivity contribution is -0.148. The van der Waals surface area contributed by atoms with E-state index >= 15 is 0 Å². The fourth-order valence-electron chi connectivity index (χ4n) is 10.5. The number of carboxylic acids is 1. The Hall–Kier alpha value is -7.32. The number of pyridine rings is 2. The monoisotopic (exact) mass is 1010 g/mol. The van der Waals surface area contributed by atoms with E-state index in [4.69, 9.17) is 14.7 Å². The van der Waals surface area contributed by atoms with Gasteiger partial charge < -0.3 is 49.9 Å². The van der Waals surface area contributed by atoms with Crippen LogP contribution in [-0.2, 0) is 14.3 Å². The van der Waals surface area contributed by atoms with Gasteiger partial charge in [-0.2, -0.15) is 9.97 Å². The van der Waals surface area contributed by atoms with Gasteiger partial charge in [0.15, 0.2) is 11.3 Å². The summed E-state index contributed by atoms with van der Waals surface area (Å²) in [6.45, 7) is 9.20. The lowest BCUT2D eigenvalue weighted by Gasteiger charge is -2.35. The number of hydrogen-bond acceptors (Lipinski definition) is 15. The summed E-state index contributed by atoms with van der Waals surface area (Å²) in [6, 6.07) is 23.4. The molecule has 10 rings (SSSR count). The second kappa shape index (κ2) is 23.3.